The van der Waals surface area contributed by atoms with Crippen molar-refractivity contribution in [3.05, 3.63) is 29.8 Å². The Bertz CT molecular complexity index is 334. The van der Waals surface area contributed by atoms with Gasteiger partial charge in [0.15, 0.2) is 0 Å². The Kier molecular flexibility index (Phi) is 7.57. The fourth-order valence-electron chi connectivity index (χ4n) is 2.33. The smallest absolute Gasteiger partial charge is 0.119 e. The van der Waals surface area contributed by atoms with E-state index in [2.05, 4.69) is 32.9 Å². The molecule has 0 heterocycles. The second-order valence-electron chi connectivity index (χ2n) is 5.51. The van der Waals surface area contributed by atoms with Crippen LogP contribution in [0.5, 0.6) is 5.75 Å². The fraction of sp³-hybridized carbons (Fsp3) is 0.647. The van der Waals surface area contributed by atoms with E-state index in [0.717, 1.165) is 31.6 Å². The standard InChI is InChI=1S/C17H29NO/c1-4-6-12-19-16-10-8-15(9-11-16)17(18)13-14(3)7-5-2/h8-11,14,17H,4-7,12-13,18H2,1-3H3. The lowest BCUT2D eigenvalue weighted by Crippen LogP contribution is -2.14. The fourth-order valence-corrected chi connectivity index (χ4v) is 2.33. The summed E-state index contributed by atoms with van der Waals surface area (Å²) in [7, 11) is 0. The van der Waals surface area contributed by atoms with Crippen LogP contribution in [0.3, 0.4) is 0 Å². The summed E-state index contributed by atoms with van der Waals surface area (Å²) in [5.74, 6) is 1.64. The summed E-state index contributed by atoms with van der Waals surface area (Å²) in [5, 5.41) is 0. The van der Waals surface area contributed by atoms with E-state index in [1.807, 2.05) is 12.1 Å². The van der Waals surface area contributed by atoms with Crippen molar-refractivity contribution in [2.45, 2.75) is 58.9 Å². The van der Waals surface area contributed by atoms with Crippen LogP contribution in [0.1, 0.15) is 64.5 Å². The second-order valence-corrected chi connectivity index (χ2v) is 5.51. The first kappa shape index (κ1) is 16.0. The third-order valence-electron chi connectivity index (χ3n) is 3.51. The van der Waals surface area contributed by atoms with Gasteiger partial charge >= 0.3 is 0 Å². The molecule has 2 heteroatoms. The molecule has 0 aliphatic rings. The summed E-state index contributed by atoms with van der Waals surface area (Å²) in [6.45, 7) is 7.48. The largest absolute Gasteiger partial charge is 0.494 e. The quantitative estimate of drug-likeness (QED) is 0.656. The lowest BCUT2D eigenvalue weighted by atomic mass is 9.93. The van der Waals surface area contributed by atoms with E-state index < -0.39 is 0 Å². The monoisotopic (exact) mass is 263 g/mol. The maximum atomic E-state index is 6.26. The number of ether oxygens (including phenoxy) is 1. The predicted molar refractivity (Wildman–Crippen MR) is 82.5 cm³/mol. The Balaban J connectivity index is 2.45. The van der Waals surface area contributed by atoms with Crippen molar-refractivity contribution in [3.8, 4) is 5.75 Å². The molecule has 1 aromatic carbocycles. The highest BCUT2D eigenvalue weighted by Gasteiger charge is 2.10. The molecule has 0 spiro atoms. The van der Waals surface area contributed by atoms with Gasteiger partial charge in [-0.3, -0.25) is 0 Å². The highest BCUT2D eigenvalue weighted by molar-refractivity contribution is 5.29. The molecule has 19 heavy (non-hydrogen) atoms. The molecule has 2 unspecified atom stereocenters. The summed E-state index contributed by atoms with van der Waals surface area (Å²) in [5.41, 5.74) is 7.47. The zero-order valence-corrected chi connectivity index (χ0v) is 12.7. The van der Waals surface area contributed by atoms with Crippen molar-refractivity contribution in [2.24, 2.45) is 11.7 Å². The minimum Gasteiger partial charge on any atom is -0.494 e. The van der Waals surface area contributed by atoms with E-state index in [0.29, 0.717) is 5.92 Å². The molecule has 0 amide bonds. The molecule has 108 valence electrons. The number of hydrogen-bond acceptors (Lipinski definition) is 2. The normalized spacial score (nSPS) is 14.1. The Hall–Kier alpha value is -1.02. The van der Waals surface area contributed by atoms with Crippen LogP contribution in [0.25, 0.3) is 0 Å². The van der Waals surface area contributed by atoms with Gasteiger partial charge in [-0.15, -0.1) is 0 Å². The average Bonchev–Trinajstić information content (AvgIpc) is 2.40. The third-order valence-corrected chi connectivity index (χ3v) is 3.51. The molecule has 0 radical (unpaired) electrons. The van der Waals surface area contributed by atoms with Crippen LogP contribution < -0.4 is 10.5 Å². The maximum absolute atomic E-state index is 6.26. The Morgan fingerprint density at radius 1 is 1.11 bits per heavy atom. The molecule has 2 N–H and O–H groups in total. The van der Waals surface area contributed by atoms with E-state index in [1.165, 1.54) is 18.4 Å². The average molecular weight is 263 g/mol. The van der Waals surface area contributed by atoms with Crippen LogP contribution in [0, 0.1) is 5.92 Å². The molecule has 2 nitrogen and oxygen atoms in total. The van der Waals surface area contributed by atoms with E-state index in [-0.39, 0.29) is 6.04 Å². The van der Waals surface area contributed by atoms with Crippen molar-refractivity contribution in [1.82, 2.24) is 0 Å². The summed E-state index contributed by atoms with van der Waals surface area (Å²) in [6.07, 6.45) is 5.82. The first-order valence-electron chi connectivity index (χ1n) is 7.65. The van der Waals surface area contributed by atoms with Gasteiger partial charge in [-0.25, -0.2) is 0 Å². The number of hydrogen-bond donors (Lipinski definition) is 1. The van der Waals surface area contributed by atoms with Gasteiger partial charge in [-0.1, -0.05) is 52.2 Å². The van der Waals surface area contributed by atoms with Gasteiger partial charge < -0.3 is 10.5 Å². The molecule has 0 bridgehead atoms. The maximum Gasteiger partial charge on any atom is 0.119 e. The summed E-state index contributed by atoms with van der Waals surface area (Å²) < 4.78 is 5.66. The molecular weight excluding hydrogens is 234 g/mol. The van der Waals surface area contributed by atoms with Gasteiger partial charge in [0.05, 0.1) is 6.61 Å². The summed E-state index contributed by atoms with van der Waals surface area (Å²) >= 11 is 0. The lowest BCUT2D eigenvalue weighted by Gasteiger charge is -2.17. The molecule has 1 rings (SSSR count). The number of nitrogens with two attached hydrogens (primary N) is 1. The molecular formula is C17H29NO. The number of benzene rings is 1. The van der Waals surface area contributed by atoms with Crippen LogP contribution in [0.15, 0.2) is 24.3 Å². The molecule has 1 aromatic rings. The second kappa shape index (κ2) is 8.98. The molecule has 0 saturated carbocycles. The van der Waals surface area contributed by atoms with Crippen LogP contribution >= 0.6 is 0 Å². The third kappa shape index (κ3) is 6.11. The van der Waals surface area contributed by atoms with Gasteiger partial charge in [-0.05, 0) is 36.5 Å². The number of rotatable bonds is 9. The molecule has 0 aliphatic heterocycles. The Labute approximate surface area is 118 Å². The van der Waals surface area contributed by atoms with Crippen LogP contribution in [-0.2, 0) is 0 Å². The van der Waals surface area contributed by atoms with Crippen molar-refractivity contribution in [1.29, 1.82) is 0 Å². The van der Waals surface area contributed by atoms with Crippen molar-refractivity contribution >= 4 is 0 Å². The van der Waals surface area contributed by atoms with Gasteiger partial charge in [0.1, 0.15) is 5.75 Å². The Morgan fingerprint density at radius 3 is 2.37 bits per heavy atom. The minimum atomic E-state index is 0.145. The van der Waals surface area contributed by atoms with Crippen molar-refractivity contribution < 1.29 is 4.74 Å². The van der Waals surface area contributed by atoms with E-state index in [9.17, 15) is 0 Å². The molecule has 0 saturated heterocycles. The summed E-state index contributed by atoms with van der Waals surface area (Å²) in [6, 6.07) is 8.42. The van der Waals surface area contributed by atoms with E-state index in [1.54, 1.807) is 0 Å². The minimum absolute atomic E-state index is 0.145. The van der Waals surface area contributed by atoms with Crippen LogP contribution in [0.4, 0.5) is 0 Å². The van der Waals surface area contributed by atoms with Crippen molar-refractivity contribution in [2.75, 3.05) is 6.61 Å². The zero-order valence-electron chi connectivity index (χ0n) is 12.7. The lowest BCUT2D eigenvalue weighted by molar-refractivity contribution is 0.309. The first-order chi connectivity index (χ1) is 9.17. The van der Waals surface area contributed by atoms with E-state index in [4.69, 9.17) is 10.5 Å². The molecule has 0 aromatic heterocycles. The van der Waals surface area contributed by atoms with Gasteiger partial charge in [0.2, 0.25) is 0 Å². The number of unbranched alkanes of at least 4 members (excludes halogenated alkanes) is 1. The summed E-state index contributed by atoms with van der Waals surface area (Å²) in [4.78, 5) is 0. The van der Waals surface area contributed by atoms with Crippen molar-refractivity contribution in [3.63, 3.8) is 0 Å². The first-order valence-corrected chi connectivity index (χ1v) is 7.65. The molecule has 2 atom stereocenters. The van der Waals surface area contributed by atoms with E-state index >= 15 is 0 Å². The topological polar surface area (TPSA) is 35.2 Å². The van der Waals surface area contributed by atoms with Crippen LogP contribution in [0.2, 0.25) is 0 Å². The molecule has 0 fully saturated rings. The van der Waals surface area contributed by atoms with Gasteiger partial charge in [-0.2, -0.15) is 0 Å². The predicted octanol–water partition coefficient (Wildman–Crippen LogP) is 4.69. The SMILES string of the molecule is CCCCOc1ccc(C(N)CC(C)CCC)cc1. The highest BCUT2D eigenvalue weighted by Crippen LogP contribution is 2.23. The molecule has 0 aliphatic carbocycles. The highest BCUT2D eigenvalue weighted by atomic mass is 16.5. The van der Waals surface area contributed by atoms with Crippen LogP contribution in [-0.4, -0.2) is 6.61 Å². The van der Waals surface area contributed by atoms with Gasteiger partial charge in [0.25, 0.3) is 0 Å². The zero-order chi connectivity index (χ0) is 14.1. The Morgan fingerprint density at radius 2 is 1.79 bits per heavy atom. The van der Waals surface area contributed by atoms with Gasteiger partial charge in [0, 0.05) is 6.04 Å².